The Morgan fingerprint density at radius 2 is 1.83 bits per heavy atom. The zero-order chi connectivity index (χ0) is 25.9. The summed E-state index contributed by atoms with van der Waals surface area (Å²) >= 11 is 0. The van der Waals surface area contributed by atoms with E-state index in [4.69, 9.17) is 9.84 Å². The fraction of sp³-hybridized carbons (Fsp3) is 0.483. The van der Waals surface area contributed by atoms with Gasteiger partial charge in [-0.2, -0.15) is 0 Å². The van der Waals surface area contributed by atoms with Crippen molar-refractivity contribution in [1.82, 2.24) is 14.8 Å². The van der Waals surface area contributed by atoms with Gasteiger partial charge in [-0.1, -0.05) is 42.0 Å². The van der Waals surface area contributed by atoms with Crippen molar-refractivity contribution in [3.63, 3.8) is 0 Å². The number of piperidine rings is 1. The number of nitrogens with zero attached hydrogens (tertiary/aromatic N) is 3. The first-order valence-corrected chi connectivity index (χ1v) is 12.8. The van der Waals surface area contributed by atoms with Gasteiger partial charge in [-0.25, -0.2) is 9.59 Å². The summed E-state index contributed by atoms with van der Waals surface area (Å²) in [4.78, 5) is 33.0. The van der Waals surface area contributed by atoms with E-state index >= 15 is 0 Å². The highest BCUT2D eigenvalue weighted by Crippen LogP contribution is 2.44. The van der Waals surface area contributed by atoms with Crippen molar-refractivity contribution in [2.24, 2.45) is 5.92 Å². The third kappa shape index (κ3) is 6.72. The summed E-state index contributed by atoms with van der Waals surface area (Å²) in [5.41, 5.74) is 2.99. The number of rotatable bonds is 7. The fourth-order valence-corrected chi connectivity index (χ4v) is 5.00. The van der Waals surface area contributed by atoms with Crippen molar-refractivity contribution in [2.75, 3.05) is 13.1 Å². The Morgan fingerprint density at radius 1 is 1.14 bits per heavy atom. The second-order valence-corrected chi connectivity index (χ2v) is 10.9. The minimum Gasteiger partial charge on any atom is -0.478 e. The van der Waals surface area contributed by atoms with Gasteiger partial charge in [0.15, 0.2) is 0 Å². The molecule has 1 aliphatic heterocycles. The summed E-state index contributed by atoms with van der Waals surface area (Å²) < 4.78 is 5.85. The Balaban J connectivity index is 1.41. The van der Waals surface area contributed by atoms with Crippen LogP contribution in [0.3, 0.4) is 0 Å². The van der Waals surface area contributed by atoms with Gasteiger partial charge >= 0.3 is 12.1 Å². The molecular formula is C29H37N3O4. The molecular weight excluding hydrogens is 454 g/mol. The number of carbonyl (C=O) groups is 2. The SMILES string of the molecule is C/C(=C\c1ccccc1)[C@@H]1C[C@H]1N(C(=O)OC(C)(C)C)C1CCN(Cc2ccc(C(=O)O)cn2)CC1. The number of hydrogen-bond acceptors (Lipinski definition) is 5. The number of amides is 1. The Labute approximate surface area is 213 Å². The molecule has 1 aromatic heterocycles. The number of pyridine rings is 1. The summed E-state index contributed by atoms with van der Waals surface area (Å²) in [6, 6.07) is 14.0. The summed E-state index contributed by atoms with van der Waals surface area (Å²) in [7, 11) is 0. The molecule has 7 nitrogen and oxygen atoms in total. The van der Waals surface area contributed by atoms with E-state index in [-0.39, 0.29) is 23.7 Å². The number of carboxylic acid groups (broad SMARTS) is 1. The topological polar surface area (TPSA) is 83.0 Å². The van der Waals surface area contributed by atoms with Crippen LogP contribution in [0.15, 0.2) is 54.2 Å². The Morgan fingerprint density at radius 3 is 2.42 bits per heavy atom. The van der Waals surface area contributed by atoms with Gasteiger partial charge in [0.25, 0.3) is 0 Å². The third-order valence-electron chi connectivity index (χ3n) is 6.90. The van der Waals surface area contributed by atoms with E-state index in [0.717, 1.165) is 38.0 Å². The normalized spacial score (nSPS) is 21.2. The molecule has 2 heterocycles. The minimum absolute atomic E-state index is 0.137. The average Bonchev–Trinajstić information content (AvgIpc) is 3.61. The second kappa shape index (κ2) is 10.8. The molecule has 1 N–H and O–H groups in total. The molecule has 192 valence electrons. The molecule has 0 radical (unpaired) electrons. The summed E-state index contributed by atoms with van der Waals surface area (Å²) in [6.45, 7) is 10.3. The fourth-order valence-electron chi connectivity index (χ4n) is 5.00. The molecule has 1 saturated heterocycles. The standard InChI is InChI=1S/C29H37N3O4/c1-20(16-21-8-6-5-7-9-21)25-17-26(25)32(28(35)36-29(2,3)4)24-12-14-31(15-13-24)19-23-11-10-22(18-30-23)27(33)34/h5-11,16,18,24-26H,12-15,17,19H2,1-4H3,(H,33,34)/b20-16+/t25-,26+/m0/s1. The number of hydrogen-bond donors (Lipinski definition) is 1. The van der Waals surface area contributed by atoms with Gasteiger partial charge in [-0.3, -0.25) is 9.88 Å². The lowest BCUT2D eigenvalue weighted by Gasteiger charge is -2.39. The van der Waals surface area contributed by atoms with Gasteiger partial charge in [0, 0.05) is 43.8 Å². The predicted octanol–water partition coefficient (Wildman–Crippen LogP) is 5.47. The van der Waals surface area contributed by atoms with Crippen LogP contribution in [0.5, 0.6) is 0 Å². The average molecular weight is 492 g/mol. The molecule has 1 aliphatic carbocycles. The predicted molar refractivity (Wildman–Crippen MR) is 140 cm³/mol. The highest BCUT2D eigenvalue weighted by Gasteiger charge is 2.48. The van der Waals surface area contributed by atoms with Crippen LogP contribution in [0.25, 0.3) is 6.08 Å². The van der Waals surface area contributed by atoms with Crippen molar-refractivity contribution in [3.8, 4) is 0 Å². The zero-order valence-corrected chi connectivity index (χ0v) is 21.7. The van der Waals surface area contributed by atoms with Crippen LogP contribution in [0.1, 0.15) is 68.6 Å². The van der Waals surface area contributed by atoms with E-state index in [1.165, 1.54) is 17.3 Å². The Hall–Kier alpha value is -3.19. The summed E-state index contributed by atoms with van der Waals surface area (Å²) in [5, 5.41) is 9.07. The minimum atomic E-state index is -0.968. The Kier molecular flexibility index (Phi) is 7.79. The first-order chi connectivity index (χ1) is 17.1. The van der Waals surface area contributed by atoms with E-state index in [1.54, 1.807) is 12.1 Å². The highest BCUT2D eigenvalue weighted by molar-refractivity contribution is 5.87. The molecule has 2 fully saturated rings. The molecule has 2 aliphatic rings. The highest BCUT2D eigenvalue weighted by atomic mass is 16.6. The number of aromatic nitrogens is 1. The van der Waals surface area contributed by atoms with E-state index in [1.807, 2.05) is 43.9 Å². The lowest BCUT2D eigenvalue weighted by atomic mass is 10.0. The molecule has 1 amide bonds. The van der Waals surface area contributed by atoms with E-state index in [9.17, 15) is 9.59 Å². The van der Waals surface area contributed by atoms with Crippen LogP contribution in [0.2, 0.25) is 0 Å². The molecule has 2 atom stereocenters. The smallest absolute Gasteiger partial charge is 0.410 e. The van der Waals surface area contributed by atoms with Crippen molar-refractivity contribution in [1.29, 1.82) is 0 Å². The molecule has 0 bridgehead atoms. The number of ether oxygens (including phenoxy) is 1. The van der Waals surface area contributed by atoms with Crippen molar-refractivity contribution >= 4 is 18.1 Å². The monoisotopic (exact) mass is 491 g/mol. The molecule has 0 unspecified atom stereocenters. The Bertz CT molecular complexity index is 1080. The maximum atomic E-state index is 13.3. The summed E-state index contributed by atoms with van der Waals surface area (Å²) in [5.74, 6) is -0.614. The molecule has 4 rings (SSSR count). The van der Waals surface area contributed by atoms with Gasteiger partial charge in [0.05, 0.1) is 11.3 Å². The van der Waals surface area contributed by atoms with Gasteiger partial charge in [0.2, 0.25) is 0 Å². The van der Waals surface area contributed by atoms with Crippen LogP contribution in [0, 0.1) is 5.92 Å². The van der Waals surface area contributed by atoms with Crippen molar-refractivity contribution in [2.45, 2.75) is 71.2 Å². The number of aromatic carboxylic acids is 1. The number of benzene rings is 1. The van der Waals surface area contributed by atoms with Gasteiger partial charge in [0.1, 0.15) is 5.60 Å². The molecule has 36 heavy (non-hydrogen) atoms. The second-order valence-electron chi connectivity index (χ2n) is 10.9. The number of likely N-dealkylation sites (tertiary alicyclic amines) is 1. The van der Waals surface area contributed by atoms with Crippen molar-refractivity contribution < 1.29 is 19.4 Å². The summed E-state index contributed by atoms with van der Waals surface area (Å²) in [6.07, 6.45) is 6.13. The van der Waals surface area contributed by atoms with Crippen molar-refractivity contribution in [3.05, 3.63) is 71.1 Å². The van der Waals surface area contributed by atoms with E-state index in [2.05, 4.69) is 35.0 Å². The zero-order valence-electron chi connectivity index (χ0n) is 21.7. The molecule has 0 spiro atoms. The lowest BCUT2D eigenvalue weighted by Crippen LogP contribution is -2.50. The van der Waals surface area contributed by atoms with Gasteiger partial charge < -0.3 is 14.7 Å². The van der Waals surface area contributed by atoms with Gasteiger partial charge in [-0.05, 0) is 64.7 Å². The quantitative estimate of drug-likeness (QED) is 0.553. The maximum Gasteiger partial charge on any atom is 0.410 e. The van der Waals surface area contributed by atoms with Crippen LogP contribution in [-0.2, 0) is 11.3 Å². The van der Waals surface area contributed by atoms with Crippen LogP contribution >= 0.6 is 0 Å². The molecule has 7 heteroatoms. The largest absolute Gasteiger partial charge is 0.478 e. The van der Waals surface area contributed by atoms with Crippen LogP contribution in [0.4, 0.5) is 4.79 Å². The third-order valence-corrected chi connectivity index (χ3v) is 6.90. The van der Waals surface area contributed by atoms with Crippen LogP contribution in [-0.4, -0.2) is 62.7 Å². The molecule has 1 saturated carbocycles. The lowest BCUT2D eigenvalue weighted by molar-refractivity contribution is 0.00437. The number of carboxylic acids is 1. The van der Waals surface area contributed by atoms with Gasteiger partial charge in [-0.15, -0.1) is 0 Å². The molecule has 2 aromatic rings. The van der Waals surface area contributed by atoms with E-state index < -0.39 is 11.6 Å². The number of carbonyl (C=O) groups excluding carboxylic acids is 1. The maximum absolute atomic E-state index is 13.3. The van der Waals surface area contributed by atoms with E-state index in [0.29, 0.717) is 12.5 Å². The molecule has 1 aromatic carbocycles. The first kappa shape index (κ1) is 25.9. The van der Waals surface area contributed by atoms with Crippen LogP contribution < -0.4 is 0 Å². The first-order valence-electron chi connectivity index (χ1n) is 12.8.